The highest BCUT2D eigenvalue weighted by Gasteiger charge is 2.45. The fraction of sp³-hybridized carbons (Fsp3) is 0.412. The fourth-order valence-corrected chi connectivity index (χ4v) is 5.61. The molecule has 2 N–H and O–H groups in total. The summed E-state index contributed by atoms with van der Waals surface area (Å²) in [5.74, 6) is -1.58. The van der Waals surface area contributed by atoms with Gasteiger partial charge in [0.05, 0.1) is 43.4 Å². The first-order valence-electron chi connectivity index (χ1n) is 15.2. The summed E-state index contributed by atoms with van der Waals surface area (Å²) in [6.45, 7) is 4.06. The van der Waals surface area contributed by atoms with E-state index in [1.165, 1.54) is 45.2 Å². The number of aliphatic hydroxyl groups is 1. The molecule has 1 amide bonds. The highest BCUT2D eigenvalue weighted by atomic mass is 19.4. The van der Waals surface area contributed by atoms with Crippen molar-refractivity contribution in [2.45, 2.75) is 63.5 Å². The van der Waals surface area contributed by atoms with Gasteiger partial charge in [-0.05, 0) is 75.7 Å². The minimum Gasteiger partial charge on any atom is -0.494 e. The lowest BCUT2D eigenvalue weighted by Gasteiger charge is -2.31. The van der Waals surface area contributed by atoms with Crippen molar-refractivity contribution in [1.29, 1.82) is 0 Å². The maximum Gasteiger partial charge on any atom is 0.389 e. The maximum absolute atomic E-state index is 15.9. The molecule has 0 aliphatic carbocycles. The number of nitrogens with one attached hydrogen (secondary N) is 1. The van der Waals surface area contributed by atoms with E-state index in [9.17, 15) is 27.5 Å². The molecular formula is C34H35F5N4O5. The fourth-order valence-electron chi connectivity index (χ4n) is 5.61. The number of halogens is 5. The molecule has 48 heavy (non-hydrogen) atoms. The van der Waals surface area contributed by atoms with Crippen LogP contribution in [0.3, 0.4) is 0 Å². The molecule has 256 valence electrons. The first-order chi connectivity index (χ1) is 22.6. The van der Waals surface area contributed by atoms with Gasteiger partial charge in [0.1, 0.15) is 28.4 Å². The number of aryl methyl sites for hydroxylation is 1. The molecule has 0 bridgehead atoms. The van der Waals surface area contributed by atoms with Crippen molar-refractivity contribution in [2.75, 3.05) is 26.9 Å². The van der Waals surface area contributed by atoms with Crippen molar-refractivity contribution in [3.63, 3.8) is 0 Å². The van der Waals surface area contributed by atoms with Crippen LogP contribution in [0.15, 0.2) is 48.5 Å². The number of hydrogen-bond donors (Lipinski definition) is 2. The van der Waals surface area contributed by atoms with Crippen LogP contribution in [0, 0.1) is 18.6 Å². The number of ether oxygens (including phenoxy) is 3. The third-order valence-electron chi connectivity index (χ3n) is 8.06. The molecule has 0 radical (unpaired) electrons. The van der Waals surface area contributed by atoms with Crippen molar-refractivity contribution < 1.29 is 46.1 Å². The topological polar surface area (TPSA) is 116 Å². The average Bonchev–Trinajstić information content (AvgIpc) is 3.45. The molecule has 2 atom stereocenters. The van der Waals surface area contributed by atoms with E-state index in [2.05, 4.69) is 20.5 Å². The second kappa shape index (κ2) is 13.7. The zero-order valence-corrected chi connectivity index (χ0v) is 26.8. The number of alkyl halides is 3. The summed E-state index contributed by atoms with van der Waals surface area (Å²) in [5, 5.41) is 22.6. The maximum atomic E-state index is 15.9. The molecular weight excluding hydrogens is 639 g/mol. The first-order valence-corrected chi connectivity index (χ1v) is 15.2. The second-order valence-corrected chi connectivity index (χ2v) is 12.3. The van der Waals surface area contributed by atoms with Gasteiger partial charge in [-0.15, -0.1) is 5.10 Å². The molecule has 5 rings (SSSR count). The summed E-state index contributed by atoms with van der Waals surface area (Å²) >= 11 is 0. The van der Waals surface area contributed by atoms with E-state index in [0.717, 1.165) is 12.1 Å². The number of benzene rings is 2. The Morgan fingerprint density at radius 2 is 1.83 bits per heavy atom. The molecule has 1 aliphatic heterocycles. The largest absolute Gasteiger partial charge is 0.494 e. The van der Waals surface area contributed by atoms with Crippen LogP contribution in [0.2, 0.25) is 0 Å². The number of nitrogens with zero attached hydrogens (tertiary/aromatic N) is 3. The van der Waals surface area contributed by atoms with Crippen molar-refractivity contribution in [2.24, 2.45) is 0 Å². The Hall–Kier alpha value is -4.27. The SMILES string of the molecule is COc1cc(C(=O)NC[C@]2(c3cc(C(C)(C)O)c(F)c(-c4ccc(F)cc4)n3)C[C@@H](OCCCC(F)(F)F)CO2)cc2cc(C)nnc12. The third-order valence-corrected chi connectivity index (χ3v) is 8.06. The molecule has 4 aromatic rings. The van der Waals surface area contributed by atoms with Gasteiger partial charge in [-0.2, -0.15) is 18.3 Å². The number of pyridine rings is 1. The average molecular weight is 675 g/mol. The Bertz CT molecular complexity index is 1800. The van der Waals surface area contributed by atoms with Crippen molar-refractivity contribution in [3.8, 4) is 17.0 Å². The molecule has 9 nitrogen and oxygen atoms in total. The van der Waals surface area contributed by atoms with Gasteiger partial charge in [-0.3, -0.25) is 4.79 Å². The molecule has 14 heteroatoms. The lowest BCUT2D eigenvalue weighted by Crippen LogP contribution is -2.42. The van der Waals surface area contributed by atoms with E-state index in [-0.39, 0.29) is 60.7 Å². The zero-order chi connectivity index (χ0) is 34.9. The van der Waals surface area contributed by atoms with E-state index in [0.29, 0.717) is 22.3 Å². The standard InChI is InChI=1S/C34H35F5N4O5/c1-19-12-21-13-22(14-26(46-4)29(21)43-42-19)31(44)40-18-33(16-24(17-48-33)47-11-5-10-34(37,38)39)27-15-25(32(2,3)45)28(36)30(41-27)20-6-8-23(35)9-7-20/h6-9,12-15,24,45H,5,10-11,16-18H2,1-4H3,(H,40,44)/t24-,33+/m1/s1. The van der Waals surface area contributed by atoms with Crippen LogP contribution in [-0.2, 0) is 20.7 Å². The molecule has 1 saturated heterocycles. The number of carbonyl (C=O) groups is 1. The van der Waals surface area contributed by atoms with E-state index in [4.69, 9.17) is 14.2 Å². The van der Waals surface area contributed by atoms with Crippen molar-refractivity contribution in [3.05, 3.63) is 82.7 Å². The summed E-state index contributed by atoms with van der Waals surface area (Å²) in [6.07, 6.45) is -6.27. The summed E-state index contributed by atoms with van der Waals surface area (Å²) in [4.78, 5) is 18.2. The Kier molecular flexibility index (Phi) is 9.99. The lowest BCUT2D eigenvalue weighted by atomic mass is 9.88. The first kappa shape index (κ1) is 35.0. The molecule has 3 heterocycles. The van der Waals surface area contributed by atoms with Crippen LogP contribution in [0.5, 0.6) is 5.75 Å². The predicted molar refractivity (Wildman–Crippen MR) is 165 cm³/mol. The van der Waals surface area contributed by atoms with E-state index < -0.39 is 47.4 Å². The summed E-state index contributed by atoms with van der Waals surface area (Å²) in [5.41, 5.74) is -1.81. The molecule has 2 aromatic heterocycles. The molecule has 0 unspecified atom stereocenters. The number of methoxy groups -OCH3 is 1. The molecule has 0 saturated carbocycles. The third kappa shape index (κ3) is 7.88. The monoisotopic (exact) mass is 674 g/mol. The van der Waals surface area contributed by atoms with E-state index >= 15 is 4.39 Å². The van der Waals surface area contributed by atoms with Crippen LogP contribution in [0.1, 0.15) is 60.4 Å². The van der Waals surface area contributed by atoms with E-state index in [1.54, 1.807) is 19.1 Å². The highest BCUT2D eigenvalue weighted by Crippen LogP contribution is 2.40. The van der Waals surface area contributed by atoms with Gasteiger partial charge < -0.3 is 24.6 Å². The van der Waals surface area contributed by atoms with Crippen LogP contribution in [0.25, 0.3) is 22.2 Å². The molecule has 2 aromatic carbocycles. The number of carbonyl (C=O) groups excluding carboxylic acids is 1. The minimum atomic E-state index is -4.33. The van der Waals surface area contributed by atoms with Gasteiger partial charge in [-0.25, -0.2) is 13.8 Å². The van der Waals surface area contributed by atoms with Crippen molar-refractivity contribution in [1.82, 2.24) is 20.5 Å². The predicted octanol–water partition coefficient (Wildman–Crippen LogP) is 6.29. The van der Waals surface area contributed by atoms with Gasteiger partial charge in [0.15, 0.2) is 5.82 Å². The summed E-state index contributed by atoms with van der Waals surface area (Å²) in [7, 11) is 1.44. The van der Waals surface area contributed by atoms with Gasteiger partial charge in [-0.1, -0.05) is 0 Å². The smallest absolute Gasteiger partial charge is 0.389 e. The lowest BCUT2D eigenvalue weighted by molar-refractivity contribution is -0.138. The van der Waals surface area contributed by atoms with Gasteiger partial charge in [0.25, 0.3) is 5.91 Å². The quantitative estimate of drug-likeness (QED) is 0.141. The van der Waals surface area contributed by atoms with Crippen LogP contribution in [-0.4, -0.2) is 65.3 Å². The highest BCUT2D eigenvalue weighted by molar-refractivity contribution is 5.99. The van der Waals surface area contributed by atoms with E-state index in [1.807, 2.05) is 0 Å². The van der Waals surface area contributed by atoms with Crippen molar-refractivity contribution >= 4 is 16.8 Å². The van der Waals surface area contributed by atoms with Gasteiger partial charge in [0.2, 0.25) is 0 Å². The number of hydrogen-bond acceptors (Lipinski definition) is 8. The van der Waals surface area contributed by atoms with Gasteiger partial charge in [0, 0.05) is 41.5 Å². The number of rotatable bonds is 11. The summed E-state index contributed by atoms with van der Waals surface area (Å²) in [6, 6.07) is 11.2. The molecule has 0 spiro atoms. The number of amides is 1. The normalized spacial score (nSPS) is 18.3. The van der Waals surface area contributed by atoms with Crippen LogP contribution in [0.4, 0.5) is 22.0 Å². The number of fused-ring (bicyclic) bond motifs is 1. The molecule has 1 aliphatic rings. The van der Waals surface area contributed by atoms with Gasteiger partial charge >= 0.3 is 6.18 Å². The molecule has 1 fully saturated rings. The Labute approximate surface area is 273 Å². The number of aromatic nitrogens is 3. The Morgan fingerprint density at radius 1 is 1.10 bits per heavy atom. The minimum absolute atomic E-state index is 0.0297. The van der Waals surface area contributed by atoms with Crippen LogP contribution >= 0.6 is 0 Å². The zero-order valence-electron chi connectivity index (χ0n) is 26.8. The summed E-state index contributed by atoms with van der Waals surface area (Å²) < 4.78 is 85.3. The second-order valence-electron chi connectivity index (χ2n) is 12.3. The Balaban J connectivity index is 1.52. The Morgan fingerprint density at radius 3 is 2.50 bits per heavy atom. The van der Waals surface area contributed by atoms with Crippen LogP contribution < -0.4 is 10.1 Å².